The molecule has 4 amide bonds. The van der Waals surface area contributed by atoms with Gasteiger partial charge in [0, 0.05) is 63.1 Å². The van der Waals surface area contributed by atoms with E-state index in [1.807, 2.05) is 66.7 Å². The maximum Gasteiger partial charge on any atom is 0.256 e. The number of carbonyl (C=O) groups excluding carboxylic acids is 4. The molecule has 4 aromatic rings. The molecule has 3 aromatic carbocycles. The van der Waals surface area contributed by atoms with E-state index in [0.717, 1.165) is 60.8 Å². The lowest BCUT2D eigenvalue weighted by molar-refractivity contribution is -0.143. The van der Waals surface area contributed by atoms with Gasteiger partial charge >= 0.3 is 0 Å². The normalized spacial score (nSPS) is 18.6. The van der Waals surface area contributed by atoms with Crippen molar-refractivity contribution in [1.82, 2.24) is 25.3 Å². The predicted molar refractivity (Wildman–Crippen MR) is 182 cm³/mol. The van der Waals surface area contributed by atoms with Crippen LogP contribution in [0.1, 0.15) is 63.2 Å². The zero-order chi connectivity index (χ0) is 33.9. The van der Waals surface area contributed by atoms with Gasteiger partial charge in [-0.1, -0.05) is 54.6 Å². The van der Waals surface area contributed by atoms with Crippen molar-refractivity contribution in [3.05, 3.63) is 112 Å². The molecule has 1 aromatic heterocycles. The quantitative estimate of drug-likeness (QED) is 0.231. The number of hydrogen-bond acceptors (Lipinski definition) is 8. The molecule has 252 valence electrons. The molecule has 1 unspecified atom stereocenters. The standard InChI is InChI=1S/C37H39N7O5/c1-49-33(26-5-3-2-4-6-26)37(48)44-22-30-31(23-44)40-41-34(30)39-35(46)27-11-13-28(14-12-27)43-19-17-42(18-20-43)21-24-7-9-25(10-8-24)29-15-16-32(45)38-36(29)47/h2-14,29,33H,15-23H2,1H3,(H,38,45,47)(H2,39,40,41,46)/t29?,33-/m1/s1. The molecule has 12 heteroatoms. The predicted octanol–water partition coefficient (Wildman–Crippen LogP) is 3.73. The minimum absolute atomic E-state index is 0.146. The van der Waals surface area contributed by atoms with E-state index in [2.05, 4.69) is 42.8 Å². The number of carbonyl (C=O) groups is 4. The summed E-state index contributed by atoms with van der Waals surface area (Å²) in [6.07, 6.45) is 0.224. The van der Waals surface area contributed by atoms with Crippen LogP contribution in [0.4, 0.5) is 11.5 Å². The Morgan fingerprint density at radius 2 is 1.67 bits per heavy atom. The van der Waals surface area contributed by atoms with E-state index in [9.17, 15) is 19.2 Å². The maximum absolute atomic E-state index is 13.3. The summed E-state index contributed by atoms with van der Waals surface area (Å²) in [7, 11) is 1.53. The minimum Gasteiger partial charge on any atom is -0.369 e. The van der Waals surface area contributed by atoms with Crippen LogP contribution < -0.4 is 15.5 Å². The Bertz CT molecular complexity index is 1830. The number of methoxy groups -OCH3 is 1. The summed E-state index contributed by atoms with van der Waals surface area (Å²) in [6.45, 7) is 5.04. The van der Waals surface area contributed by atoms with Gasteiger partial charge in [0.2, 0.25) is 11.8 Å². The summed E-state index contributed by atoms with van der Waals surface area (Å²) >= 11 is 0. The highest BCUT2D eigenvalue weighted by atomic mass is 16.5. The van der Waals surface area contributed by atoms with E-state index in [1.54, 1.807) is 4.90 Å². The molecule has 3 N–H and O–H groups in total. The number of benzene rings is 3. The van der Waals surface area contributed by atoms with Crippen LogP contribution in [0.15, 0.2) is 78.9 Å². The minimum atomic E-state index is -0.705. The van der Waals surface area contributed by atoms with Gasteiger partial charge in [-0.2, -0.15) is 5.10 Å². The molecule has 2 saturated heterocycles. The summed E-state index contributed by atoms with van der Waals surface area (Å²) in [4.78, 5) is 56.6. The lowest BCUT2D eigenvalue weighted by Gasteiger charge is -2.36. The van der Waals surface area contributed by atoms with Crippen molar-refractivity contribution >= 4 is 35.1 Å². The van der Waals surface area contributed by atoms with E-state index < -0.39 is 6.10 Å². The molecular weight excluding hydrogens is 622 g/mol. The Balaban J connectivity index is 0.896. The number of aromatic nitrogens is 2. The van der Waals surface area contributed by atoms with Gasteiger partial charge in [-0.25, -0.2) is 0 Å². The highest BCUT2D eigenvalue weighted by Gasteiger charge is 2.33. The molecular formula is C37H39N7O5. The third-order valence-corrected chi connectivity index (χ3v) is 9.65. The zero-order valence-corrected chi connectivity index (χ0v) is 27.4. The van der Waals surface area contributed by atoms with E-state index in [-0.39, 0.29) is 29.5 Å². The van der Waals surface area contributed by atoms with Crippen LogP contribution >= 0.6 is 0 Å². The van der Waals surface area contributed by atoms with E-state index in [4.69, 9.17) is 4.74 Å². The number of nitrogens with one attached hydrogen (secondary N) is 3. The van der Waals surface area contributed by atoms with Gasteiger partial charge in [-0.3, -0.25) is 34.5 Å². The molecule has 4 heterocycles. The molecule has 0 radical (unpaired) electrons. The van der Waals surface area contributed by atoms with Gasteiger partial charge in [0.25, 0.3) is 11.8 Å². The number of amides is 4. The average Bonchev–Trinajstić information content (AvgIpc) is 3.72. The Hall–Kier alpha value is -5.33. The highest BCUT2D eigenvalue weighted by molar-refractivity contribution is 6.04. The zero-order valence-electron chi connectivity index (χ0n) is 27.4. The molecule has 0 aliphatic carbocycles. The third-order valence-electron chi connectivity index (χ3n) is 9.65. The summed E-state index contributed by atoms with van der Waals surface area (Å²) in [6, 6.07) is 25.1. The summed E-state index contributed by atoms with van der Waals surface area (Å²) in [5.74, 6) is -0.662. The van der Waals surface area contributed by atoms with E-state index >= 15 is 0 Å². The van der Waals surface area contributed by atoms with Crippen molar-refractivity contribution < 1.29 is 23.9 Å². The molecule has 49 heavy (non-hydrogen) atoms. The Labute approximate surface area is 284 Å². The van der Waals surface area contributed by atoms with Crippen molar-refractivity contribution in [3.63, 3.8) is 0 Å². The fraction of sp³-hybridized carbons (Fsp3) is 0.324. The van der Waals surface area contributed by atoms with Crippen molar-refractivity contribution in [2.24, 2.45) is 0 Å². The average molecular weight is 662 g/mol. The second kappa shape index (κ2) is 14.0. The highest BCUT2D eigenvalue weighted by Crippen LogP contribution is 2.31. The SMILES string of the molecule is CO[C@@H](C(=O)N1Cc2[nH]nc(NC(=O)c3ccc(N4CCN(Cc5ccc(C6CCC(=O)NC6=O)cc5)CC4)cc3)c2C1)c1ccccc1. The molecule has 2 atom stereocenters. The molecule has 3 aliphatic heterocycles. The number of hydrogen-bond donors (Lipinski definition) is 3. The van der Waals surface area contributed by atoms with Crippen LogP contribution in [0.3, 0.4) is 0 Å². The number of fused-ring (bicyclic) bond motifs is 1. The van der Waals surface area contributed by atoms with E-state index in [0.29, 0.717) is 37.3 Å². The lowest BCUT2D eigenvalue weighted by atomic mass is 9.90. The molecule has 0 spiro atoms. The largest absolute Gasteiger partial charge is 0.369 e. The molecule has 2 fully saturated rings. The number of aromatic amines is 1. The molecule has 0 saturated carbocycles. The fourth-order valence-electron chi connectivity index (χ4n) is 6.87. The van der Waals surface area contributed by atoms with Crippen LogP contribution in [0.2, 0.25) is 0 Å². The first-order valence-corrected chi connectivity index (χ1v) is 16.6. The third kappa shape index (κ3) is 6.96. The number of nitrogens with zero attached hydrogens (tertiary/aromatic N) is 4. The summed E-state index contributed by atoms with van der Waals surface area (Å²) in [5, 5.41) is 12.7. The Morgan fingerprint density at radius 3 is 2.37 bits per heavy atom. The van der Waals surface area contributed by atoms with Crippen molar-refractivity contribution in [3.8, 4) is 0 Å². The Morgan fingerprint density at radius 1 is 0.939 bits per heavy atom. The number of rotatable bonds is 9. The number of H-pyrrole nitrogens is 1. The van der Waals surface area contributed by atoms with Gasteiger partial charge in [0.15, 0.2) is 11.9 Å². The molecule has 12 nitrogen and oxygen atoms in total. The van der Waals surface area contributed by atoms with Gasteiger partial charge < -0.3 is 19.9 Å². The topological polar surface area (TPSA) is 140 Å². The number of ether oxygens (including phenoxy) is 1. The monoisotopic (exact) mass is 661 g/mol. The van der Waals surface area contributed by atoms with Crippen molar-refractivity contribution in [2.45, 2.75) is 44.5 Å². The Kier molecular flexibility index (Phi) is 9.23. The second-order valence-corrected chi connectivity index (χ2v) is 12.8. The fourth-order valence-corrected chi connectivity index (χ4v) is 6.87. The number of piperazine rings is 1. The number of imide groups is 1. The number of piperidine rings is 1. The van der Waals surface area contributed by atoms with Crippen LogP contribution in [0.25, 0.3) is 0 Å². The number of anilines is 2. The van der Waals surface area contributed by atoms with Gasteiger partial charge in [0.05, 0.1) is 24.7 Å². The summed E-state index contributed by atoms with van der Waals surface area (Å²) < 4.78 is 5.54. The molecule has 0 bridgehead atoms. The first-order valence-electron chi connectivity index (χ1n) is 16.6. The maximum atomic E-state index is 13.3. The smallest absolute Gasteiger partial charge is 0.256 e. The van der Waals surface area contributed by atoms with E-state index in [1.165, 1.54) is 12.7 Å². The van der Waals surface area contributed by atoms with Gasteiger partial charge in [0.1, 0.15) is 0 Å². The molecule has 3 aliphatic rings. The van der Waals surface area contributed by atoms with Gasteiger partial charge in [-0.05, 0) is 47.4 Å². The lowest BCUT2D eigenvalue weighted by Crippen LogP contribution is -2.46. The van der Waals surface area contributed by atoms with Crippen LogP contribution in [-0.4, -0.2) is 76.9 Å². The molecule has 7 rings (SSSR count). The first kappa shape index (κ1) is 32.2. The van der Waals surface area contributed by atoms with Crippen molar-refractivity contribution in [1.29, 1.82) is 0 Å². The second-order valence-electron chi connectivity index (χ2n) is 12.8. The first-order chi connectivity index (χ1) is 23.9. The van der Waals surface area contributed by atoms with Gasteiger partial charge in [-0.15, -0.1) is 0 Å². The van der Waals surface area contributed by atoms with Crippen LogP contribution in [-0.2, 0) is 38.8 Å². The van der Waals surface area contributed by atoms with Crippen LogP contribution in [0.5, 0.6) is 0 Å². The van der Waals surface area contributed by atoms with Crippen molar-refractivity contribution in [2.75, 3.05) is 43.5 Å². The van der Waals surface area contributed by atoms with Crippen LogP contribution in [0, 0.1) is 0 Å². The summed E-state index contributed by atoms with van der Waals surface area (Å²) in [5.41, 5.74) is 6.10.